The van der Waals surface area contributed by atoms with Crippen LogP contribution in [0.15, 0.2) is 12.1 Å². The van der Waals surface area contributed by atoms with Crippen LogP contribution in [0.4, 0.5) is 5.82 Å². The van der Waals surface area contributed by atoms with Crippen LogP contribution in [0.1, 0.15) is 51.3 Å². The molecule has 0 spiro atoms. The van der Waals surface area contributed by atoms with E-state index in [9.17, 15) is 0 Å². The minimum Gasteiger partial charge on any atom is -0.354 e. The van der Waals surface area contributed by atoms with Crippen LogP contribution in [0.3, 0.4) is 0 Å². The number of anilines is 1. The first-order valence-corrected chi connectivity index (χ1v) is 8.06. The predicted molar refractivity (Wildman–Crippen MR) is 86.2 cm³/mol. The third kappa shape index (κ3) is 3.72. The summed E-state index contributed by atoms with van der Waals surface area (Å²) in [4.78, 5) is 7.26. The third-order valence-corrected chi connectivity index (χ3v) is 4.42. The highest BCUT2D eigenvalue weighted by atomic mass is 15.2. The molecule has 1 saturated heterocycles. The van der Waals surface area contributed by atoms with Gasteiger partial charge in [-0.05, 0) is 63.3 Å². The molecule has 0 amide bonds. The van der Waals surface area contributed by atoms with Gasteiger partial charge in [-0.1, -0.05) is 13.8 Å². The first kappa shape index (κ1) is 15.3. The van der Waals surface area contributed by atoms with Crippen LogP contribution < -0.4 is 10.2 Å². The molecule has 0 saturated carbocycles. The molecule has 2 rings (SSSR count). The van der Waals surface area contributed by atoms with E-state index >= 15 is 0 Å². The van der Waals surface area contributed by atoms with Gasteiger partial charge in [0.25, 0.3) is 0 Å². The van der Waals surface area contributed by atoms with E-state index in [2.05, 4.69) is 50.0 Å². The van der Waals surface area contributed by atoms with Gasteiger partial charge < -0.3 is 10.2 Å². The summed E-state index contributed by atoms with van der Waals surface area (Å²) in [7, 11) is 0. The van der Waals surface area contributed by atoms with Crippen LogP contribution in [-0.4, -0.2) is 24.1 Å². The quantitative estimate of drug-likeness (QED) is 0.833. The number of rotatable bonds is 5. The third-order valence-electron chi connectivity index (χ3n) is 4.42. The first-order chi connectivity index (χ1) is 9.61. The van der Waals surface area contributed by atoms with Crippen molar-refractivity contribution in [2.75, 3.05) is 18.0 Å². The second-order valence-electron chi connectivity index (χ2n) is 6.21. The molecule has 2 unspecified atom stereocenters. The van der Waals surface area contributed by atoms with Gasteiger partial charge in [0, 0.05) is 24.8 Å². The van der Waals surface area contributed by atoms with Crippen LogP contribution >= 0.6 is 0 Å². The van der Waals surface area contributed by atoms with Crippen molar-refractivity contribution in [3.05, 3.63) is 23.4 Å². The minimum atomic E-state index is 0.592. The molecule has 112 valence electrons. The van der Waals surface area contributed by atoms with Gasteiger partial charge in [-0.25, -0.2) is 4.98 Å². The Morgan fingerprint density at radius 3 is 2.90 bits per heavy atom. The van der Waals surface area contributed by atoms with Crippen molar-refractivity contribution in [2.24, 2.45) is 5.92 Å². The summed E-state index contributed by atoms with van der Waals surface area (Å²) in [6.45, 7) is 12.2. The fourth-order valence-corrected chi connectivity index (χ4v) is 3.04. The second kappa shape index (κ2) is 7.07. The van der Waals surface area contributed by atoms with E-state index in [0.29, 0.717) is 6.04 Å². The number of pyridine rings is 1. The molecule has 1 aliphatic rings. The molecule has 1 aromatic rings. The Bertz CT molecular complexity index is 430. The van der Waals surface area contributed by atoms with Gasteiger partial charge in [-0.15, -0.1) is 0 Å². The topological polar surface area (TPSA) is 28.2 Å². The highest BCUT2D eigenvalue weighted by molar-refractivity contribution is 5.44. The Balaban J connectivity index is 2.14. The standard InChI is InChI=1S/C17H29N3/c1-5-8-18-12-16-10-14(3)19-17(11-16)20-9-6-7-13(2)15(20)4/h10-11,13,15,18H,5-9,12H2,1-4H3. The molecule has 1 aliphatic heterocycles. The smallest absolute Gasteiger partial charge is 0.129 e. The van der Waals surface area contributed by atoms with Crippen LogP contribution in [0.25, 0.3) is 0 Å². The second-order valence-corrected chi connectivity index (χ2v) is 6.21. The summed E-state index contributed by atoms with van der Waals surface area (Å²) in [6.07, 6.45) is 3.80. The first-order valence-electron chi connectivity index (χ1n) is 8.06. The highest BCUT2D eigenvalue weighted by Crippen LogP contribution is 2.27. The van der Waals surface area contributed by atoms with E-state index < -0.39 is 0 Å². The van der Waals surface area contributed by atoms with Crippen molar-refractivity contribution < 1.29 is 0 Å². The molecule has 1 N–H and O–H groups in total. The number of piperidine rings is 1. The van der Waals surface area contributed by atoms with Gasteiger partial charge in [-0.3, -0.25) is 0 Å². The molecule has 0 aromatic carbocycles. The molecule has 3 nitrogen and oxygen atoms in total. The maximum Gasteiger partial charge on any atom is 0.129 e. The maximum absolute atomic E-state index is 4.77. The van der Waals surface area contributed by atoms with Crippen molar-refractivity contribution >= 4 is 5.82 Å². The summed E-state index contributed by atoms with van der Waals surface area (Å²) < 4.78 is 0. The molecule has 0 bridgehead atoms. The number of nitrogens with zero attached hydrogens (tertiary/aromatic N) is 2. The zero-order valence-electron chi connectivity index (χ0n) is 13.4. The lowest BCUT2D eigenvalue weighted by Gasteiger charge is -2.39. The highest BCUT2D eigenvalue weighted by Gasteiger charge is 2.25. The van der Waals surface area contributed by atoms with E-state index in [4.69, 9.17) is 4.98 Å². The van der Waals surface area contributed by atoms with E-state index in [1.54, 1.807) is 0 Å². The monoisotopic (exact) mass is 275 g/mol. The Hall–Kier alpha value is -1.09. The van der Waals surface area contributed by atoms with Crippen LogP contribution in [-0.2, 0) is 6.54 Å². The van der Waals surface area contributed by atoms with Crippen molar-refractivity contribution in [1.29, 1.82) is 0 Å². The molecular weight excluding hydrogens is 246 g/mol. The Morgan fingerprint density at radius 2 is 2.15 bits per heavy atom. The molecule has 0 radical (unpaired) electrons. The molecule has 0 aliphatic carbocycles. The molecule has 1 fully saturated rings. The number of nitrogens with one attached hydrogen (secondary N) is 1. The Kier molecular flexibility index (Phi) is 5.41. The van der Waals surface area contributed by atoms with Crippen molar-refractivity contribution in [2.45, 2.75) is 59.5 Å². The van der Waals surface area contributed by atoms with Crippen molar-refractivity contribution in [3.63, 3.8) is 0 Å². The van der Waals surface area contributed by atoms with Crippen LogP contribution in [0, 0.1) is 12.8 Å². The predicted octanol–water partition coefficient (Wildman–Crippen LogP) is 3.51. The molecule has 1 aromatic heterocycles. The number of aryl methyl sites for hydroxylation is 1. The number of hydrogen-bond acceptors (Lipinski definition) is 3. The fourth-order valence-electron chi connectivity index (χ4n) is 3.04. The van der Waals surface area contributed by atoms with Gasteiger partial charge in [0.15, 0.2) is 0 Å². The van der Waals surface area contributed by atoms with Crippen LogP contribution in [0.2, 0.25) is 0 Å². The van der Waals surface area contributed by atoms with E-state index in [1.807, 2.05) is 0 Å². The lowest BCUT2D eigenvalue weighted by atomic mass is 9.92. The van der Waals surface area contributed by atoms with E-state index in [0.717, 1.165) is 37.1 Å². The number of aromatic nitrogens is 1. The largest absolute Gasteiger partial charge is 0.354 e. The SMILES string of the molecule is CCCNCc1cc(C)nc(N2CCCC(C)C2C)c1. The minimum absolute atomic E-state index is 0.592. The molecule has 2 atom stereocenters. The summed E-state index contributed by atoms with van der Waals surface area (Å²) in [5.74, 6) is 1.92. The summed E-state index contributed by atoms with van der Waals surface area (Å²) >= 11 is 0. The summed E-state index contributed by atoms with van der Waals surface area (Å²) in [6, 6.07) is 5.06. The van der Waals surface area contributed by atoms with E-state index in [-0.39, 0.29) is 0 Å². The number of hydrogen-bond donors (Lipinski definition) is 1. The molecular formula is C17H29N3. The molecule has 2 heterocycles. The zero-order chi connectivity index (χ0) is 14.5. The average Bonchev–Trinajstić information content (AvgIpc) is 2.41. The van der Waals surface area contributed by atoms with Gasteiger partial charge in [0.2, 0.25) is 0 Å². The fraction of sp³-hybridized carbons (Fsp3) is 0.706. The molecule has 3 heteroatoms. The lowest BCUT2D eigenvalue weighted by Crippen LogP contribution is -2.43. The Labute approximate surface area is 123 Å². The normalized spacial score (nSPS) is 23.1. The van der Waals surface area contributed by atoms with E-state index in [1.165, 1.54) is 24.8 Å². The van der Waals surface area contributed by atoms with Crippen molar-refractivity contribution in [3.8, 4) is 0 Å². The Morgan fingerprint density at radius 1 is 1.35 bits per heavy atom. The summed E-state index contributed by atoms with van der Waals surface area (Å²) in [5.41, 5.74) is 2.48. The van der Waals surface area contributed by atoms with Gasteiger partial charge >= 0.3 is 0 Å². The van der Waals surface area contributed by atoms with Gasteiger partial charge in [0.05, 0.1) is 0 Å². The van der Waals surface area contributed by atoms with Gasteiger partial charge in [0.1, 0.15) is 5.82 Å². The zero-order valence-corrected chi connectivity index (χ0v) is 13.4. The van der Waals surface area contributed by atoms with Crippen LogP contribution in [0.5, 0.6) is 0 Å². The van der Waals surface area contributed by atoms with Crippen molar-refractivity contribution in [1.82, 2.24) is 10.3 Å². The average molecular weight is 275 g/mol. The maximum atomic E-state index is 4.77. The van der Waals surface area contributed by atoms with Gasteiger partial charge in [-0.2, -0.15) is 0 Å². The lowest BCUT2D eigenvalue weighted by molar-refractivity contribution is 0.361. The molecule has 20 heavy (non-hydrogen) atoms. The summed E-state index contributed by atoms with van der Waals surface area (Å²) in [5, 5.41) is 3.48.